The topological polar surface area (TPSA) is 95.9 Å². The molecule has 0 aliphatic rings. The second-order valence-corrected chi connectivity index (χ2v) is 9.63. The van der Waals surface area contributed by atoms with Crippen molar-refractivity contribution in [2.75, 3.05) is 17.0 Å². The van der Waals surface area contributed by atoms with Gasteiger partial charge in [0.2, 0.25) is 0 Å². The lowest BCUT2D eigenvalue weighted by Crippen LogP contribution is -2.27. The lowest BCUT2D eigenvalue weighted by molar-refractivity contribution is -0.123. The first-order chi connectivity index (χ1) is 19.4. The number of amides is 2. The number of carbonyl (C=O) groups is 3. The second-order valence-electron chi connectivity index (χ2n) is 9.63. The van der Waals surface area contributed by atoms with Gasteiger partial charge in [0.25, 0.3) is 5.91 Å². The van der Waals surface area contributed by atoms with E-state index >= 15 is 0 Å². The molecule has 0 aliphatic carbocycles. The van der Waals surface area contributed by atoms with Gasteiger partial charge in [0.05, 0.1) is 12.3 Å². The van der Waals surface area contributed by atoms with Crippen molar-refractivity contribution < 1.29 is 24.3 Å². The maximum absolute atomic E-state index is 12.4. The highest BCUT2D eigenvalue weighted by molar-refractivity contribution is 5.91. The third-order valence-corrected chi connectivity index (χ3v) is 6.44. The highest BCUT2D eigenvalue weighted by Gasteiger charge is 2.14. The van der Waals surface area contributed by atoms with Crippen LogP contribution in [0.4, 0.5) is 16.2 Å². The highest BCUT2D eigenvalue weighted by Crippen LogP contribution is 2.18. The maximum atomic E-state index is 12.4. The molecule has 0 heterocycles. The third-order valence-electron chi connectivity index (χ3n) is 6.44. The molecule has 0 aromatic heterocycles. The fraction of sp³-hybridized carbons (Fsp3) is 0.182. The van der Waals surface area contributed by atoms with Crippen LogP contribution in [-0.2, 0) is 22.4 Å². The molecule has 0 radical (unpaired) electrons. The monoisotopic (exact) mass is 536 g/mol. The number of carbonyl (C=O) groups excluding carboxylic acids is 3. The number of ether oxygens (including phenoxy) is 1. The van der Waals surface area contributed by atoms with E-state index in [0.717, 1.165) is 29.4 Å². The Morgan fingerprint density at radius 1 is 0.775 bits per heavy atom. The number of aryl methyl sites for hydroxylation is 1. The van der Waals surface area contributed by atoms with E-state index in [1.165, 1.54) is 11.1 Å². The molecule has 0 bridgehead atoms. The molecular weight excluding hydrogens is 504 g/mol. The molecule has 4 aromatic carbocycles. The Morgan fingerprint density at radius 3 is 1.82 bits per heavy atom. The smallest absolute Gasteiger partial charge is 0.411 e. The summed E-state index contributed by atoms with van der Waals surface area (Å²) in [5.41, 5.74) is 7.23. The molecule has 0 aliphatic heterocycles. The molecule has 2 N–H and O–H groups in total. The zero-order valence-electron chi connectivity index (χ0n) is 22.4. The molecule has 4 aromatic rings. The quantitative estimate of drug-likeness (QED) is 0.0958. The van der Waals surface area contributed by atoms with Gasteiger partial charge < -0.3 is 4.74 Å². The van der Waals surface area contributed by atoms with Crippen molar-refractivity contribution in [3.8, 4) is 0 Å². The summed E-state index contributed by atoms with van der Waals surface area (Å²) in [4.78, 5) is 35.3. The number of aldehydes is 1. The molecule has 2 amide bonds. The molecular formula is C33H32N2O5. The Kier molecular flexibility index (Phi) is 9.80. The van der Waals surface area contributed by atoms with Crippen molar-refractivity contribution in [3.05, 3.63) is 130 Å². The zero-order valence-corrected chi connectivity index (χ0v) is 22.4. The molecule has 0 spiro atoms. The molecule has 40 heavy (non-hydrogen) atoms. The number of hydrogen-bond acceptors (Lipinski definition) is 5. The Bertz CT molecular complexity index is 1410. The van der Waals surface area contributed by atoms with Crippen molar-refractivity contribution in [2.24, 2.45) is 0 Å². The molecule has 204 valence electrons. The van der Waals surface area contributed by atoms with Crippen molar-refractivity contribution in [1.29, 1.82) is 0 Å². The first-order valence-corrected chi connectivity index (χ1v) is 13.1. The van der Waals surface area contributed by atoms with E-state index in [1.54, 1.807) is 24.3 Å². The molecule has 0 atom stereocenters. The van der Waals surface area contributed by atoms with Crippen LogP contribution in [0.1, 0.15) is 51.0 Å². The average molecular weight is 537 g/mol. The van der Waals surface area contributed by atoms with Gasteiger partial charge in [-0.2, -0.15) is 5.06 Å². The second kappa shape index (κ2) is 13.9. The minimum absolute atomic E-state index is 0.0162. The van der Waals surface area contributed by atoms with E-state index in [2.05, 4.69) is 36.5 Å². The molecule has 7 nitrogen and oxygen atoms in total. The summed E-state index contributed by atoms with van der Waals surface area (Å²) in [7, 11) is 0. The molecule has 7 heteroatoms. The molecule has 0 fully saturated rings. The summed E-state index contributed by atoms with van der Waals surface area (Å²) in [6.45, 7) is 2.10. The van der Waals surface area contributed by atoms with E-state index in [0.29, 0.717) is 28.4 Å². The lowest BCUT2D eigenvalue weighted by Gasteiger charge is -2.15. The van der Waals surface area contributed by atoms with E-state index in [-0.39, 0.29) is 19.4 Å². The summed E-state index contributed by atoms with van der Waals surface area (Å²) in [6.07, 6.45) is 1.96. The first kappa shape index (κ1) is 28.3. The van der Waals surface area contributed by atoms with Crippen molar-refractivity contribution in [3.63, 3.8) is 0 Å². The summed E-state index contributed by atoms with van der Waals surface area (Å²) >= 11 is 0. The number of anilines is 2. The van der Waals surface area contributed by atoms with Crippen LogP contribution in [0.2, 0.25) is 0 Å². The van der Waals surface area contributed by atoms with Gasteiger partial charge in [0, 0.05) is 17.7 Å². The van der Waals surface area contributed by atoms with E-state index in [9.17, 15) is 19.6 Å². The maximum Gasteiger partial charge on any atom is 0.411 e. The van der Waals surface area contributed by atoms with Gasteiger partial charge in [-0.05, 0) is 72.7 Å². The Balaban J connectivity index is 1.16. The number of nitrogens with zero attached hydrogens (tertiary/aromatic N) is 1. The third kappa shape index (κ3) is 8.38. The van der Waals surface area contributed by atoms with Gasteiger partial charge in [-0.3, -0.25) is 20.1 Å². The summed E-state index contributed by atoms with van der Waals surface area (Å²) in [6, 6.07) is 30.3. The minimum Gasteiger partial charge on any atom is -0.449 e. The van der Waals surface area contributed by atoms with Crippen LogP contribution < -0.4 is 10.4 Å². The Morgan fingerprint density at radius 2 is 1.27 bits per heavy atom. The van der Waals surface area contributed by atoms with E-state index in [1.807, 2.05) is 48.5 Å². The summed E-state index contributed by atoms with van der Waals surface area (Å²) < 4.78 is 5.18. The predicted octanol–water partition coefficient (Wildman–Crippen LogP) is 6.74. The number of rotatable bonds is 11. The Hall–Kier alpha value is -4.75. The summed E-state index contributed by atoms with van der Waals surface area (Å²) in [5.74, 6) is -0.495. The van der Waals surface area contributed by atoms with Crippen LogP contribution in [0.15, 0.2) is 97.1 Å². The Labute approximate surface area is 234 Å². The SMILES string of the molecule is Cc1ccc(Cc2ccc(NC(=O)OCCCC(=O)N(O)c3ccc(Cc4ccc(C=O)cc4)cc3)cc2)cc1. The van der Waals surface area contributed by atoms with E-state index < -0.39 is 12.0 Å². The van der Waals surface area contributed by atoms with Gasteiger partial charge in [-0.1, -0.05) is 78.4 Å². The van der Waals surface area contributed by atoms with Crippen LogP contribution in [0.25, 0.3) is 0 Å². The van der Waals surface area contributed by atoms with Crippen LogP contribution >= 0.6 is 0 Å². The number of nitrogens with one attached hydrogen (secondary N) is 1. The van der Waals surface area contributed by atoms with Gasteiger partial charge in [0.1, 0.15) is 6.29 Å². The fourth-order valence-corrected chi connectivity index (χ4v) is 4.14. The predicted molar refractivity (Wildman–Crippen MR) is 155 cm³/mol. The number of benzene rings is 4. The summed E-state index contributed by atoms with van der Waals surface area (Å²) in [5, 5.41) is 13.6. The number of hydrogen-bond donors (Lipinski definition) is 2. The molecule has 0 unspecified atom stereocenters. The van der Waals surface area contributed by atoms with Gasteiger partial charge in [0.15, 0.2) is 0 Å². The minimum atomic E-state index is -0.601. The van der Waals surface area contributed by atoms with Crippen LogP contribution in [0.3, 0.4) is 0 Å². The lowest BCUT2D eigenvalue weighted by atomic mass is 10.0. The van der Waals surface area contributed by atoms with Gasteiger partial charge in [-0.15, -0.1) is 0 Å². The molecule has 4 rings (SSSR count). The average Bonchev–Trinajstić information content (AvgIpc) is 2.98. The van der Waals surface area contributed by atoms with Crippen molar-refractivity contribution in [1.82, 2.24) is 0 Å². The van der Waals surface area contributed by atoms with Gasteiger partial charge >= 0.3 is 6.09 Å². The fourth-order valence-electron chi connectivity index (χ4n) is 4.14. The first-order valence-electron chi connectivity index (χ1n) is 13.1. The highest BCUT2D eigenvalue weighted by atomic mass is 16.5. The van der Waals surface area contributed by atoms with Crippen LogP contribution in [-0.4, -0.2) is 30.1 Å². The van der Waals surface area contributed by atoms with E-state index in [4.69, 9.17) is 4.74 Å². The number of hydroxylamine groups is 1. The van der Waals surface area contributed by atoms with Gasteiger partial charge in [-0.25, -0.2) is 4.79 Å². The standard InChI is InChI=1S/C33H32N2O5/c1-24-4-6-25(7-5-24)21-27-12-16-30(17-13-27)34-33(38)40-20-2-3-32(37)35(39)31-18-14-28(15-19-31)22-26-8-10-29(23-36)11-9-26/h4-19,23,39H,2-3,20-22H2,1H3,(H,34,38). The van der Waals surface area contributed by atoms with Crippen LogP contribution in [0.5, 0.6) is 0 Å². The normalized spacial score (nSPS) is 10.6. The molecule has 0 saturated heterocycles. The van der Waals surface area contributed by atoms with Crippen molar-refractivity contribution in [2.45, 2.75) is 32.6 Å². The zero-order chi connectivity index (χ0) is 28.3. The molecule has 0 saturated carbocycles. The van der Waals surface area contributed by atoms with Crippen molar-refractivity contribution >= 4 is 29.7 Å². The van der Waals surface area contributed by atoms with Crippen LogP contribution in [0, 0.1) is 6.92 Å². The largest absolute Gasteiger partial charge is 0.449 e.